The first-order chi connectivity index (χ1) is 7.65. The quantitative estimate of drug-likeness (QED) is 0.728. The van der Waals surface area contributed by atoms with E-state index >= 15 is 0 Å². The summed E-state index contributed by atoms with van der Waals surface area (Å²) >= 11 is 0. The molecule has 0 atom stereocenters. The summed E-state index contributed by atoms with van der Waals surface area (Å²) in [6, 6.07) is 3.88. The van der Waals surface area contributed by atoms with E-state index in [1.807, 2.05) is 0 Å². The second-order valence-electron chi connectivity index (χ2n) is 4.42. The average molecular weight is 225 g/mol. The Bertz CT molecular complexity index is 372. The number of rotatable bonds is 4. The molecule has 0 spiro atoms. The summed E-state index contributed by atoms with van der Waals surface area (Å²) in [5.74, 6) is -0.275. The highest BCUT2D eigenvalue weighted by Crippen LogP contribution is 2.32. The van der Waals surface area contributed by atoms with Gasteiger partial charge in [-0.05, 0) is 37.5 Å². The topological polar surface area (TPSA) is 52.5 Å². The molecule has 1 fully saturated rings. The van der Waals surface area contributed by atoms with Crippen LogP contribution in [0.15, 0.2) is 18.2 Å². The maximum absolute atomic E-state index is 13.0. The minimum absolute atomic E-state index is 0.0845. The van der Waals surface area contributed by atoms with Crippen LogP contribution in [-0.2, 0) is 6.54 Å². The Morgan fingerprint density at radius 3 is 2.69 bits per heavy atom. The Morgan fingerprint density at radius 2 is 2.12 bits per heavy atom. The standard InChI is InChI=1S/C12H16FNO2/c13-10-2-3-11(16)9(6-10)7-14-12(8-15)4-1-5-12/h2-3,6,14-16H,1,4-5,7-8H2. The van der Waals surface area contributed by atoms with Gasteiger partial charge in [-0.15, -0.1) is 0 Å². The second-order valence-corrected chi connectivity index (χ2v) is 4.42. The van der Waals surface area contributed by atoms with E-state index in [1.165, 1.54) is 18.2 Å². The molecule has 4 heteroatoms. The van der Waals surface area contributed by atoms with Crippen LogP contribution in [0.4, 0.5) is 4.39 Å². The Balaban J connectivity index is 2.01. The third-order valence-electron chi connectivity index (χ3n) is 3.31. The zero-order chi connectivity index (χ0) is 11.6. The van der Waals surface area contributed by atoms with Crippen molar-refractivity contribution in [2.24, 2.45) is 0 Å². The van der Waals surface area contributed by atoms with Crippen molar-refractivity contribution in [1.29, 1.82) is 0 Å². The minimum atomic E-state index is -0.360. The molecular formula is C12H16FNO2. The van der Waals surface area contributed by atoms with E-state index in [9.17, 15) is 14.6 Å². The van der Waals surface area contributed by atoms with Crippen molar-refractivity contribution in [1.82, 2.24) is 5.32 Å². The molecule has 0 aliphatic heterocycles. The van der Waals surface area contributed by atoms with Gasteiger partial charge in [-0.3, -0.25) is 0 Å². The number of aliphatic hydroxyl groups excluding tert-OH is 1. The summed E-state index contributed by atoms with van der Waals surface area (Å²) in [5, 5.41) is 22.0. The molecule has 0 bridgehead atoms. The largest absolute Gasteiger partial charge is 0.508 e. The van der Waals surface area contributed by atoms with Crippen LogP contribution >= 0.6 is 0 Å². The molecule has 1 saturated carbocycles. The summed E-state index contributed by atoms with van der Waals surface area (Å²) in [7, 11) is 0. The summed E-state index contributed by atoms with van der Waals surface area (Å²) in [5.41, 5.74) is 0.304. The molecule has 0 heterocycles. The highest BCUT2D eigenvalue weighted by Gasteiger charge is 2.35. The summed E-state index contributed by atoms with van der Waals surface area (Å²) in [4.78, 5) is 0. The molecule has 0 amide bonds. The highest BCUT2D eigenvalue weighted by atomic mass is 19.1. The monoisotopic (exact) mass is 225 g/mol. The molecule has 3 N–H and O–H groups in total. The van der Waals surface area contributed by atoms with Crippen LogP contribution in [0.3, 0.4) is 0 Å². The van der Waals surface area contributed by atoms with Gasteiger partial charge in [0.15, 0.2) is 0 Å². The highest BCUT2D eigenvalue weighted by molar-refractivity contribution is 5.32. The lowest BCUT2D eigenvalue weighted by atomic mass is 9.77. The van der Waals surface area contributed by atoms with Gasteiger partial charge in [0.1, 0.15) is 11.6 Å². The van der Waals surface area contributed by atoms with E-state index in [-0.39, 0.29) is 23.7 Å². The predicted octanol–water partition coefficient (Wildman–Crippen LogP) is 1.54. The van der Waals surface area contributed by atoms with Gasteiger partial charge in [-0.2, -0.15) is 0 Å². The number of aromatic hydroxyl groups is 1. The van der Waals surface area contributed by atoms with Crippen LogP contribution in [0.1, 0.15) is 24.8 Å². The maximum Gasteiger partial charge on any atom is 0.123 e. The van der Waals surface area contributed by atoms with Gasteiger partial charge in [-0.25, -0.2) is 4.39 Å². The van der Waals surface area contributed by atoms with Crippen LogP contribution in [0.25, 0.3) is 0 Å². The molecule has 3 nitrogen and oxygen atoms in total. The zero-order valence-corrected chi connectivity index (χ0v) is 9.04. The van der Waals surface area contributed by atoms with Crippen LogP contribution < -0.4 is 5.32 Å². The molecule has 0 unspecified atom stereocenters. The fraction of sp³-hybridized carbons (Fsp3) is 0.500. The first-order valence-corrected chi connectivity index (χ1v) is 5.48. The summed E-state index contributed by atoms with van der Waals surface area (Å²) < 4.78 is 13.0. The van der Waals surface area contributed by atoms with Crippen molar-refractivity contribution in [2.45, 2.75) is 31.3 Å². The van der Waals surface area contributed by atoms with E-state index in [0.29, 0.717) is 12.1 Å². The van der Waals surface area contributed by atoms with Crippen molar-refractivity contribution in [3.63, 3.8) is 0 Å². The van der Waals surface area contributed by atoms with Crippen LogP contribution in [0.5, 0.6) is 5.75 Å². The molecule has 1 aromatic carbocycles. The second kappa shape index (κ2) is 4.39. The first-order valence-electron chi connectivity index (χ1n) is 5.48. The number of hydrogen-bond donors (Lipinski definition) is 3. The van der Waals surface area contributed by atoms with E-state index in [4.69, 9.17) is 0 Å². The lowest BCUT2D eigenvalue weighted by Gasteiger charge is -2.41. The number of phenols is 1. The molecule has 0 saturated heterocycles. The summed E-state index contributed by atoms with van der Waals surface area (Å²) in [6.45, 7) is 0.466. The Hall–Kier alpha value is -1.13. The predicted molar refractivity (Wildman–Crippen MR) is 58.6 cm³/mol. The average Bonchev–Trinajstić information content (AvgIpc) is 2.22. The molecule has 1 aliphatic carbocycles. The SMILES string of the molecule is OCC1(NCc2cc(F)ccc2O)CCC1. The summed E-state index contributed by atoms with van der Waals surface area (Å²) in [6.07, 6.45) is 2.96. The molecule has 0 radical (unpaired) electrons. The van der Waals surface area contributed by atoms with Gasteiger partial charge in [0, 0.05) is 17.6 Å². The van der Waals surface area contributed by atoms with Gasteiger partial charge < -0.3 is 15.5 Å². The van der Waals surface area contributed by atoms with Crippen LogP contribution in [-0.4, -0.2) is 22.4 Å². The lowest BCUT2D eigenvalue weighted by Crippen LogP contribution is -2.53. The zero-order valence-electron chi connectivity index (χ0n) is 9.04. The number of benzene rings is 1. The van der Waals surface area contributed by atoms with Gasteiger partial charge in [-0.1, -0.05) is 0 Å². The molecule has 88 valence electrons. The number of nitrogens with one attached hydrogen (secondary N) is 1. The fourth-order valence-corrected chi connectivity index (χ4v) is 1.97. The van der Waals surface area contributed by atoms with Gasteiger partial charge in [0.2, 0.25) is 0 Å². The number of halogens is 1. The van der Waals surface area contributed by atoms with Gasteiger partial charge in [0.25, 0.3) is 0 Å². The minimum Gasteiger partial charge on any atom is -0.508 e. The Labute approximate surface area is 93.9 Å². The van der Waals surface area contributed by atoms with Crippen molar-refractivity contribution < 1.29 is 14.6 Å². The number of hydrogen-bond acceptors (Lipinski definition) is 3. The van der Waals surface area contributed by atoms with Crippen LogP contribution in [0, 0.1) is 5.82 Å². The van der Waals surface area contributed by atoms with E-state index in [0.717, 1.165) is 19.3 Å². The smallest absolute Gasteiger partial charge is 0.123 e. The molecule has 0 aromatic heterocycles. The normalized spacial score (nSPS) is 18.1. The van der Waals surface area contributed by atoms with Gasteiger partial charge in [0.05, 0.1) is 6.61 Å². The van der Waals surface area contributed by atoms with E-state index < -0.39 is 0 Å². The van der Waals surface area contributed by atoms with Crippen LogP contribution in [0.2, 0.25) is 0 Å². The Morgan fingerprint density at radius 1 is 1.38 bits per heavy atom. The molecule has 2 rings (SSSR count). The van der Waals surface area contributed by atoms with E-state index in [1.54, 1.807) is 0 Å². The first kappa shape index (κ1) is 11.4. The molecule has 16 heavy (non-hydrogen) atoms. The van der Waals surface area contributed by atoms with Crippen molar-refractivity contribution in [3.8, 4) is 5.75 Å². The van der Waals surface area contributed by atoms with Crippen molar-refractivity contribution >= 4 is 0 Å². The maximum atomic E-state index is 13.0. The molecule has 1 aliphatic rings. The van der Waals surface area contributed by atoms with Crippen molar-refractivity contribution in [2.75, 3.05) is 6.61 Å². The van der Waals surface area contributed by atoms with Crippen molar-refractivity contribution in [3.05, 3.63) is 29.6 Å². The Kier molecular flexibility index (Phi) is 3.12. The molecular weight excluding hydrogens is 209 g/mol. The number of phenolic OH excluding ortho intramolecular Hbond substituents is 1. The lowest BCUT2D eigenvalue weighted by molar-refractivity contribution is 0.0869. The van der Waals surface area contributed by atoms with Gasteiger partial charge >= 0.3 is 0 Å². The fourth-order valence-electron chi connectivity index (χ4n) is 1.97. The third kappa shape index (κ3) is 2.18. The number of aliphatic hydroxyl groups is 1. The third-order valence-corrected chi connectivity index (χ3v) is 3.31. The molecule has 1 aromatic rings. The van der Waals surface area contributed by atoms with E-state index in [2.05, 4.69) is 5.32 Å².